The maximum absolute atomic E-state index is 6.04. The topological polar surface area (TPSA) is 55.4 Å². The summed E-state index contributed by atoms with van der Waals surface area (Å²) in [5.41, 5.74) is 35.8. The SMILES string of the molecule is c1ccc(-c2cccc(-c3ccccc3)c2-c2cc(-c3cccc(-n4c5ccc(-c6ccc7c(c6)c6ccccc6n7-c6ccccc6)cc5c5cc(-c6ccc7c(c6)c6ccccc6n7-c6ccccc6)ccc54)c3)nc(-n3c4ccc(-c5ccc6c(c5)c5ccccc5n6-c5ccccc5)cc4c4cc(-c5ccc6c(c5)c5ccccc5n6-c5ccccc5)ccc43)n2)cc1. The van der Waals surface area contributed by atoms with Crippen LogP contribution in [0.5, 0.6) is 0 Å². The van der Waals surface area contributed by atoms with Crippen LogP contribution in [-0.4, -0.2) is 37.4 Å². The predicted molar refractivity (Wildman–Crippen MR) is 552 cm³/mol. The number of nitrogens with zero attached hydrogens (tertiary/aromatic N) is 8. The van der Waals surface area contributed by atoms with E-state index in [-0.39, 0.29) is 0 Å². The van der Waals surface area contributed by atoms with E-state index >= 15 is 0 Å². The second kappa shape index (κ2) is 30.0. The highest BCUT2D eigenvalue weighted by molar-refractivity contribution is 6.18. The molecule has 7 aromatic heterocycles. The molecule has 0 amide bonds. The summed E-state index contributed by atoms with van der Waals surface area (Å²) in [6.07, 6.45) is 0. The molecule has 8 heteroatoms. The fraction of sp³-hybridized carbons (Fsp3) is 0. The monoisotopic (exact) mass is 1680 g/mol. The summed E-state index contributed by atoms with van der Waals surface area (Å²) < 4.78 is 14.4. The molecule has 0 radical (unpaired) electrons. The number of rotatable bonds is 14. The molecule has 132 heavy (non-hydrogen) atoms. The molecule has 27 aromatic rings. The molecule has 20 aromatic carbocycles. The van der Waals surface area contributed by atoms with Crippen LogP contribution in [0.2, 0.25) is 0 Å². The van der Waals surface area contributed by atoms with Crippen molar-refractivity contribution in [3.63, 3.8) is 0 Å². The lowest BCUT2D eigenvalue weighted by Gasteiger charge is -2.18. The fourth-order valence-corrected chi connectivity index (χ4v) is 21.4. The first-order valence-corrected chi connectivity index (χ1v) is 45.2. The van der Waals surface area contributed by atoms with Crippen LogP contribution in [0.4, 0.5) is 0 Å². The molecule has 0 spiro atoms. The Kier molecular flexibility index (Phi) is 16.9. The Morgan fingerprint density at radius 1 is 0.129 bits per heavy atom. The van der Waals surface area contributed by atoms with Crippen LogP contribution in [0, 0.1) is 0 Å². The molecule has 0 aliphatic heterocycles. The molecule has 7 heterocycles. The van der Waals surface area contributed by atoms with Gasteiger partial charge in [-0.2, -0.15) is 0 Å². The van der Waals surface area contributed by atoms with Crippen molar-refractivity contribution in [1.29, 1.82) is 0 Å². The van der Waals surface area contributed by atoms with Crippen molar-refractivity contribution < 1.29 is 0 Å². The third kappa shape index (κ3) is 11.9. The Bertz CT molecular complexity index is 8890. The van der Waals surface area contributed by atoms with E-state index in [1.807, 2.05) is 0 Å². The summed E-state index contributed by atoms with van der Waals surface area (Å²) in [5, 5.41) is 14.1. The van der Waals surface area contributed by atoms with Crippen molar-refractivity contribution in [3.05, 3.63) is 473 Å². The molecule has 0 saturated heterocycles. The summed E-state index contributed by atoms with van der Waals surface area (Å²) >= 11 is 0. The zero-order chi connectivity index (χ0) is 86.6. The predicted octanol–water partition coefficient (Wildman–Crippen LogP) is 32.4. The standard InChI is InChI=1S/C124H78N8/c1-7-29-79(30-8-1)95-47-28-48-96(80-31-9-2-10-32-80)123(95)110-78-109(125-124(126-110)132-121-67-59-87(83-55-63-117-103(72-83)99-45-21-25-51-113(99)129(117)92-38-15-5-16-39-92)76-107(121)108-77-88(60-68-122(108)132)84-56-64-118-104(73-84)100-46-22-26-52-114(100)130(118)93-40-17-6-18-41-93)89-33-27-42-94(69-89)131-119-65-57-85(81-53-61-115-101(70-81)97-43-19-23-49-111(97)127(115)90-34-11-3-12-35-90)74-105(119)106-75-86(58-66-120(106)131)82-54-62-116-102(71-82)98-44-20-24-50-112(98)128(116)91-36-13-4-14-37-91/h1-78H. The zero-order valence-electron chi connectivity index (χ0n) is 71.6. The first-order chi connectivity index (χ1) is 65.5. The van der Waals surface area contributed by atoms with Gasteiger partial charge in [0.25, 0.3) is 0 Å². The van der Waals surface area contributed by atoms with Gasteiger partial charge in [0.1, 0.15) is 0 Å². The van der Waals surface area contributed by atoms with E-state index in [9.17, 15) is 0 Å². The first kappa shape index (κ1) is 74.5. The summed E-state index contributed by atoms with van der Waals surface area (Å²) in [6, 6.07) is 174. The number of hydrogen-bond acceptors (Lipinski definition) is 2. The van der Waals surface area contributed by atoms with Gasteiger partial charge in [0.2, 0.25) is 5.95 Å². The molecule has 614 valence electrons. The maximum atomic E-state index is 6.04. The van der Waals surface area contributed by atoms with E-state index in [4.69, 9.17) is 9.97 Å². The number of fused-ring (bicyclic) bond motifs is 18. The molecule has 0 aliphatic rings. The van der Waals surface area contributed by atoms with E-state index in [1.54, 1.807) is 0 Å². The van der Waals surface area contributed by atoms with E-state index in [0.29, 0.717) is 5.95 Å². The summed E-state index contributed by atoms with van der Waals surface area (Å²) in [7, 11) is 0. The van der Waals surface area contributed by atoms with Crippen LogP contribution >= 0.6 is 0 Å². The minimum Gasteiger partial charge on any atom is -0.309 e. The third-order valence-corrected chi connectivity index (χ3v) is 27.4. The smallest absolute Gasteiger partial charge is 0.235 e. The quantitative estimate of drug-likeness (QED) is 0.109. The normalized spacial score (nSPS) is 11.9. The Hall–Kier alpha value is -17.7. The molecule has 0 fully saturated rings. The first-order valence-electron chi connectivity index (χ1n) is 45.2. The van der Waals surface area contributed by atoms with Gasteiger partial charge in [0.05, 0.1) is 77.6 Å². The van der Waals surface area contributed by atoms with Gasteiger partial charge in [-0.3, -0.25) is 4.57 Å². The van der Waals surface area contributed by atoms with E-state index in [0.717, 1.165) is 172 Å². The van der Waals surface area contributed by atoms with Gasteiger partial charge in [0.15, 0.2) is 0 Å². The highest BCUT2D eigenvalue weighted by Crippen LogP contribution is 2.48. The third-order valence-electron chi connectivity index (χ3n) is 27.4. The maximum Gasteiger partial charge on any atom is 0.235 e. The highest BCUT2D eigenvalue weighted by Gasteiger charge is 2.27. The van der Waals surface area contributed by atoms with Crippen molar-refractivity contribution in [2.45, 2.75) is 0 Å². The molecule has 0 bridgehead atoms. The molecule has 0 aliphatic carbocycles. The number of para-hydroxylation sites is 8. The fourth-order valence-electron chi connectivity index (χ4n) is 21.4. The van der Waals surface area contributed by atoms with Crippen LogP contribution in [0.3, 0.4) is 0 Å². The van der Waals surface area contributed by atoms with Crippen molar-refractivity contribution >= 4 is 131 Å². The van der Waals surface area contributed by atoms with Gasteiger partial charge in [-0.05, 0) is 255 Å². The number of aromatic nitrogens is 8. The van der Waals surface area contributed by atoms with Crippen molar-refractivity contribution in [1.82, 2.24) is 37.4 Å². The average molecular weight is 1680 g/mol. The highest BCUT2D eigenvalue weighted by atomic mass is 15.2. The molecule has 27 rings (SSSR count). The van der Waals surface area contributed by atoms with Gasteiger partial charge in [-0.25, -0.2) is 9.97 Å². The second-order valence-corrected chi connectivity index (χ2v) is 34.7. The van der Waals surface area contributed by atoms with Gasteiger partial charge in [0, 0.05) is 104 Å². The van der Waals surface area contributed by atoms with Crippen LogP contribution in [-0.2, 0) is 0 Å². The largest absolute Gasteiger partial charge is 0.309 e. The number of benzene rings is 20. The van der Waals surface area contributed by atoms with Crippen LogP contribution in [0.25, 0.3) is 254 Å². The van der Waals surface area contributed by atoms with E-state index < -0.39 is 0 Å². The Morgan fingerprint density at radius 3 is 0.652 bits per heavy atom. The molecule has 0 atom stereocenters. The zero-order valence-corrected chi connectivity index (χ0v) is 71.6. The lowest BCUT2D eigenvalue weighted by Crippen LogP contribution is -2.05. The molecular formula is C124H78N8. The summed E-state index contributed by atoms with van der Waals surface area (Å²) in [4.78, 5) is 12.0. The lowest BCUT2D eigenvalue weighted by molar-refractivity contribution is 0.995. The summed E-state index contributed by atoms with van der Waals surface area (Å²) in [6.45, 7) is 0. The van der Waals surface area contributed by atoms with Gasteiger partial charge >= 0.3 is 0 Å². The van der Waals surface area contributed by atoms with Gasteiger partial charge in [-0.1, -0.05) is 285 Å². The molecule has 8 nitrogen and oxygen atoms in total. The molecule has 0 N–H and O–H groups in total. The van der Waals surface area contributed by atoms with Crippen molar-refractivity contribution in [2.75, 3.05) is 0 Å². The molecule has 0 saturated carbocycles. The summed E-state index contributed by atoms with van der Waals surface area (Å²) in [5.74, 6) is 0.545. The lowest BCUT2D eigenvalue weighted by atomic mass is 9.89. The van der Waals surface area contributed by atoms with Crippen LogP contribution in [0.15, 0.2) is 473 Å². The average Bonchev–Trinajstić information content (AvgIpc) is 1.82. The van der Waals surface area contributed by atoms with Crippen LogP contribution < -0.4 is 0 Å². The Balaban J connectivity index is 0.675. The van der Waals surface area contributed by atoms with Gasteiger partial charge in [-0.15, -0.1) is 0 Å². The second-order valence-electron chi connectivity index (χ2n) is 34.7. The van der Waals surface area contributed by atoms with E-state index in [1.165, 1.54) is 76.2 Å². The minimum atomic E-state index is 0.545. The van der Waals surface area contributed by atoms with Crippen molar-refractivity contribution in [3.8, 4) is 124 Å². The van der Waals surface area contributed by atoms with E-state index in [2.05, 4.69) is 501 Å². The molecule has 0 unspecified atom stereocenters. The van der Waals surface area contributed by atoms with Crippen molar-refractivity contribution in [2.24, 2.45) is 0 Å². The van der Waals surface area contributed by atoms with Gasteiger partial charge < -0.3 is 22.8 Å². The molecular weight excluding hydrogens is 1600 g/mol. The Morgan fingerprint density at radius 2 is 0.348 bits per heavy atom. The van der Waals surface area contributed by atoms with Crippen LogP contribution in [0.1, 0.15) is 0 Å². The minimum absolute atomic E-state index is 0.545. The number of hydrogen-bond donors (Lipinski definition) is 0. The Labute approximate surface area is 759 Å².